The van der Waals surface area contributed by atoms with Gasteiger partial charge in [0.05, 0.1) is 0 Å². The molecule has 0 bridgehead atoms. The van der Waals surface area contributed by atoms with E-state index < -0.39 is 6.09 Å². The van der Waals surface area contributed by atoms with Crippen molar-refractivity contribution in [3.63, 3.8) is 0 Å². The lowest BCUT2D eigenvalue weighted by molar-refractivity contribution is 0.148. The molecule has 0 radical (unpaired) electrons. The fraction of sp³-hybridized carbons (Fsp3) is 0.364. The molecule has 0 unspecified atom stereocenters. The summed E-state index contributed by atoms with van der Waals surface area (Å²) in [5.74, 6) is 0. The second-order valence-electron chi connectivity index (χ2n) is 3.55. The van der Waals surface area contributed by atoms with Gasteiger partial charge in [-0.2, -0.15) is 0 Å². The summed E-state index contributed by atoms with van der Waals surface area (Å²) < 4.78 is 0. The second-order valence-corrected chi connectivity index (χ2v) is 3.55. The first-order valence-electron chi connectivity index (χ1n) is 4.80. The predicted octanol–water partition coefficient (Wildman–Crippen LogP) is 2.18. The van der Waals surface area contributed by atoms with E-state index >= 15 is 0 Å². The van der Waals surface area contributed by atoms with Crippen molar-refractivity contribution in [3.05, 3.63) is 35.5 Å². The van der Waals surface area contributed by atoms with Crippen LogP contribution in [0.1, 0.15) is 12.8 Å². The molecule has 0 spiro atoms. The third-order valence-corrected chi connectivity index (χ3v) is 2.61. The molecule has 0 saturated heterocycles. The number of hydrogen-bond acceptors (Lipinski definition) is 1. The number of carboxylic acid groups (broad SMARTS) is 1. The second kappa shape index (κ2) is 3.70. The van der Waals surface area contributed by atoms with Gasteiger partial charge in [-0.1, -0.05) is 24.3 Å². The van der Waals surface area contributed by atoms with E-state index in [9.17, 15) is 4.79 Å². The Kier molecular flexibility index (Phi) is 2.39. The van der Waals surface area contributed by atoms with Crippen LogP contribution in [0.25, 0.3) is 0 Å². The highest BCUT2D eigenvalue weighted by Crippen LogP contribution is 2.22. The van der Waals surface area contributed by atoms with E-state index in [1.165, 1.54) is 10.5 Å². The van der Waals surface area contributed by atoms with Crippen LogP contribution in [0.5, 0.6) is 0 Å². The normalized spacial score (nSPS) is 20.7. The number of carbonyl (C=O) groups is 1. The molecule has 1 amide bonds. The molecule has 2 rings (SSSR count). The average Bonchev–Trinajstić information content (AvgIpc) is 2.41. The molecule has 3 nitrogen and oxygen atoms in total. The zero-order chi connectivity index (χ0) is 9.97. The Morgan fingerprint density at radius 2 is 2.00 bits per heavy atom. The van der Waals surface area contributed by atoms with Gasteiger partial charge in [0.25, 0.3) is 0 Å². The first kappa shape index (κ1) is 9.06. The van der Waals surface area contributed by atoms with Gasteiger partial charge in [0, 0.05) is 13.1 Å². The smallest absolute Gasteiger partial charge is 0.407 e. The highest BCUT2D eigenvalue weighted by molar-refractivity contribution is 5.66. The average molecular weight is 191 g/mol. The maximum atomic E-state index is 10.8. The highest BCUT2D eigenvalue weighted by Gasteiger charge is 2.19. The molecule has 1 heterocycles. The lowest BCUT2D eigenvalue weighted by atomic mass is 10.0. The van der Waals surface area contributed by atoms with Crippen LogP contribution >= 0.6 is 0 Å². The van der Waals surface area contributed by atoms with Crippen molar-refractivity contribution in [2.75, 3.05) is 13.1 Å². The van der Waals surface area contributed by atoms with Gasteiger partial charge in [-0.05, 0) is 24.0 Å². The minimum absolute atomic E-state index is 0.533. The van der Waals surface area contributed by atoms with Crippen LogP contribution in [0.4, 0.5) is 4.79 Å². The summed E-state index contributed by atoms with van der Waals surface area (Å²) in [6.45, 7) is 1.15. The zero-order valence-electron chi connectivity index (χ0n) is 7.94. The first-order valence-corrected chi connectivity index (χ1v) is 4.80. The van der Waals surface area contributed by atoms with Crippen molar-refractivity contribution in [2.24, 2.45) is 0 Å². The van der Waals surface area contributed by atoms with E-state index in [-0.39, 0.29) is 0 Å². The summed E-state index contributed by atoms with van der Waals surface area (Å²) in [6, 6.07) is 0. The van der Waals surface area contributed by atoms with Crippen LogP contribution in [-0.2, 0) is 0 Å². The SMILES string of the molecule is O=C(O)N1CCC2=C(C=CCC=C2)C1. The van der Waals surface area contributed by atoms with Crippen molar-refractivity contribution < 1.29 is 9.90 Å². The van der Waals surface area contributed by atoms with Crippen molar-refractivity contribution in [1.82, 2.24) is 4.90 Å². The molecule has 2 aliphatic rings. The minimum Gasteiger partial charge on any atom is -0.465 e. The topological polar surface area (TPSA) is 40.5 Å². The van der Waals surface area contributed by atoms with Gasteiger partial charge in [0.2, 0.25) is 0 Å². The fourth-order valence-corrected chi connectivity index (χ4v) is 1.81. The predicted molar refractivity (Wildman–Crippen MR) is 54.1 cm³/mol. The maximum absolute atomic E-state index is 10.8. The van der Waals surface area contributed by atoms with Gasteiger partial charge in [0.15, 0.2) is 0 Å². The van der Waals surface area contributed by atoms with Crippen LogP contribution < -0.4 is 0 Å². The fourth-order valence-electron chi connectivity index (χ4n) is 1.81. The summed E-state index contributed by atoms with van der Waals surface area (Å²) in [7, 11) is 0. The number of hydrogen-bond donors (Lipinski definition) is 1. The molecule has 0 aromatic heterocycles. The summed E-state index contributed by atoms with van der Waals surface area (Å²) in [5.41, 5.74) is 2.43. The Hall–Kier alpha value is -1.51. The molecule has 0 aromatic carbocycles. The van der Waals surface area contributed by atoms with E-state index in [1.54, 1.807) is 0 Å². The van der Waals surface area contributed by atoms with Gasteiger partial charge >= 0.3 is 6.09 Å². The zero-order valence-corrected chi connectivity index (χ0v) is 7.94. The number of amides is 1. The molecule has 3 heteroatoms. The third-order valence-electron chi connectivity index (χ3n) is 2.61. The molecule has 74 valence electrons. The molecule has 1 aliphatic carbocycles. The number of allylic oxidation sites excluding steroid dienone is 3. The Labute approximate surface area is 83.0 Å². The maximum Gasteiger partial charge on any atom is 0.407 e. The van der Waals surface area contributed by atoms with Crippen LogP contribution in [0.2, 0.25) is 0 Å². The van der Waals surface area contributed by atoms with Crippen molar-refractivity contribution >= 4 is 6.09 Å². The molecule has 0 fully saturated rings. The van der Waals surface area contributed by atoms with Gasteiger partial charge < -0.3 is 10.0 Å². The number of rotatable bonds is 0. The van der Waals surface area contributed by atoms with E-state index in [0.29, 0.717) is 13.1 Å². The van der Waals surface area contributed by atoms with Gasteiger partial charge in [-0.25, -0.2) is 4.79 Å². The summed E-state index contributed by atoms with van der Waals surface area (Å²) in [6.07, 6.45) is 9.32. The van der Waals surface area contributed by atoms with E-state index in [0.717, 1.165) is 18.4 Å². The van der Waals surface area contributed by atoms with Crippen molar-refractivity contribution in [3.8, 4) is 0 Å². The van der Waals surface area contributed by atoms with E-state index in [2.05, 4.69) is 18.2 Å². The van der Waals surface area contributed by atoms with Crippen LogP contribution in [0.15, 0.2) is 35.5 Å². The summed E-state index contributed by atoms with van der Waals surface area (Å²) in [5, 5.41) is 8.86. The molecule has 0 atom stereocenters. The standard InChI is InChI=1S/C11H13NO2/c13-11(14)12-7-6-9-4-2-1-3-5-10(9)8-12/h2-5H,1,6-8H2,(H,13,14). The first-order chi connectivity index (χ1) is 6.77. The Balaban J connectivity index is 2.21. The monoisotopic (exact) mass is 191 g/mol. The molecule has 14 heavy (non-hydrogen) atoms. The summed E-state index contributed by atoms with van der Waals surface area (Å²) in [4.78, 5) is 12.2. The van der Waals surface area contributed by atoms with Crippen molar-refractivity contribution in [1.29, 1.82) is 0 Å². The minimum atomic E-state index is -0.821. The van der Waals surface area contributed by atoms with Crippen LogP contribution in [0.3, 0.4) is 0 Å². The lowest BCUT2D eigenvalue weighted by Crippen LogP contribution is -2.35. The van der Waals surface area contributed by atoms with Crippen LogP contribution in [0, 0.1) is 0 Å². The molecular formula is C11H13NO2. The Morgan fingerprint density at radius 1 is 1.29 bits per heavy atom. The van der Waals surface area contributed by atoms with E-state index in [4.69, 9.17) is 5.11 Å². The lowest BCUT2D eigenvalue weighted by Gasteiger charge is -2.26. The third kappa shape index (κ3) is 1.71. The summed E-state index contributed by atoms with van der Waals surface area (Å²) >= 11 is 0. The highest BCUT2D eigenvalue weighted by atomic mass is 16.4. The molecule has 0 saturated carbocycles. The Bertz CT molecular complexity index is 339. The van der Waals surface area contributed by atoms with E-state index in [1.807, 2.05) is 6.08 Å². The van der Waals surface area contributed by atoms with Gasteiger partial charge in [-0.3, -0.25) is 0 Å². The molecule has 1 N–H and O–H groups in total. The Morgan fingerprint density at radius 3 is 2.71 bits per heavy atom. The molecule has 1 aliphatic heterocycles. The number of nitrogens with zero attached hydrogens (tertiary/aromatic N) is 1. The quantitative estimate of drug-likeness (QED) is 0.637. The molecule has 0 aromatic rings. The largest absolute Gasteiger partial charge is 0.465 e. The van der Waals surface area contributed by atoms with Gasteiger partial charge in [-0.15, -0.1) is 0 Å². The molecular weight excluding hydrogens is 178 g/mol. The van der Waals surface area contributed by atoms with Crippen LogP contribution in [-0.4, -0.2) is 29.2 Å². The van der Waals surface area contributed by atoms with Crippen molar-refractivity contribution in [2.45, 2.75) is 12.8 Å². The van der Waals surface area contributed by atoms with Gasteiger partial charge in [0.1, 0.15) is 0 Å².